The van der Waals surface area contributed by atoms with Crippen molar-refractivity contribution in [2.45, 2.75) is 136 Å². The summed E-state index contributed by atoms with van der Waals surface area (Å²) >= 11 is 0. The number of unbranched alkanes of at least 4 members (excludes halogenated alkanes) is 8. The lowest BCUT2D eigenvalue weighted by Crippen LogP contribution is -2.55. The highest BCUT2D eigenvalue weighted by Crippen LogP contribution is 2.71. The Bertz CT molecular complexity index is 847. The van der Waals surface area contributed by atoms with Gasteiger partial charge in [0.1, 0.15) is 0 Å². The smallest absolute Gasteiger partial charge is 0.303 e. The van der Waals surface area contributed by atoms with Crippen LogP contribution in [-0.4, -0.2) is 28.6 Å². The van der Waals surface area contributed by atoms with Crippen LogP contribution in [0.1, 0.15) is 136 Å². The summed E-state index contributed by atoms with van der Waals surface area (Å²) in [6, 6.07) is 0. The van der Waals surface area contributed by atoms with E-state index in [1.54, 1.807) is 0 Å². The molecule has 210 valence electrons. The van der Waals surface area contributed by atoms with Gasteiger partial charge in [-0.15, -0.1) is 0 Å². The van der Waals surface area contributed by atoms with Gasteiger partial charge in [-0.3, -0.25) is 9.59 Å². The zero-order chi connectivity index (χ0) is 26.7. The molecular formula is C33H54O4. The SMILES string of the molecule is C[C@]1(CC(=O)O)CCC2C3C(CC[C@@]21C)[C@@]1(C)CCC(=O)C=C1C[C@H]3CCCCCCCCCCCO. The number of carboxylic acids is 1. The first-order valence-electron chi connectivity index (χ1n) is 15.7. The molecule has 0 aliphatic heterocycles. The minimum atomic E-state index is -0.636. The third-order valence-corrected chi connectivity index (χ3v) is 12.2. The second-order valence-electron chi connectivity index (χ2n) is 14.1. The molecule has 4 heteroatoms. The van der Waals surface area contributed by atoms with Crippen molar-refractivity contribution >= 4 is 11.8 Å². The molecule has 0 saturated heterocycles. The minimum absolute atomic E-state index is 0.101. The van der Waals surface area contributed by atoms with Crippen LogP contribution in [-0.2, 0) is 9.59 Å². The summed E-state index contributed by atoms with van der Waals surface area (Å²) in [5, 5.41) is 18.7. The van der Waals surface area contributed by atoms with E-state index in [1.165, 1.54) is 69.8 Å². The number of hydrogen-bond acceptors (Lipinski definition) is 3. The van der Waals surface area contributed by atoms with E-state index in [9.17, 15) is 14.7 Å². The zero-order valence-electron chi connectivity index (χ0n) is 24.0. The first kappa shape index (κ1) is 28.8. The van der Waals surface area contributed by atoms with Crippen LogP contribution in [0.25, 0.3) is 0 Å². The van der Waals surface area contributed by atoms with E-state index in [4.69, 9.17) is 5.11 Å². The quantitative estimate of drug-likeness (QED) is 0.243. The standard InChI is InChI=1S/C33H54O4/c1-31(23-29(36)37)17-15-28-30-24(13-11-9-7-5-4-6-8-10-12-20-34)21-25-22-26(35)14-18-32(25,2)27(30)16-19-33(28,31)3/h22,24,27-28,30,34H,4-21,23H2,1-3H3,(H,36,37)/t24-,27?,28?,30?,31-,32+,33+/m1/s1. The molecule has 3 saturated carbocycles. The first-order valence-corrected chi connectivity index (χ1v) is 15.7. The topological polar surface area (TPSA) is 74.6 Å². The second-order valence-corrected chi connectivity index (χ2v) is 14.1. The predicted octanol–water partition coefficient (Wildman–Crippen LogP) is 8.12. The lowest BCUT2D eigenvalue weighted by Gasteiger charge is -2.62. The van der Waals surface area contributed by atoms with Crippen LogP contribution in [0.15, 0.2) is 11.6 Å². The summed E-state index contributed by atoms with van der Waals surface area (Å²) in [6.45, 7) is 7.51. The highest BCUT2D eigenvalue weighted by Gasteiger charge is 2.64. The van der Waals surface area contributed by atoms with Gasteiger partial charge in [-0.05, 0) is 97.4 Å². The van der Waals surface area contributed by atoms with Gasteiger partial charge >= 0.3 is 5.97 Å². The molecule has 3 unspecified atom stereocenters. The van der Waals surface area contributed by atoms with Crippen molar-refractivity contribution in [3.8, 4) is 0 Å². The summed E-state index contributed by atoms with van der Waals surface area (Å²) in [5.74, 6) is 2.29. The van der Waals surface area contributed by atoms with Crippen molar-refractivity contribution in [1.29, 1.82) is 0 Å². The molecule has 0 radical (unpaired) electrons. The summed E-state index contributed by atoms with van der Waals surface area (Å²) < 4.78 is 0. The molecule has 4 aliphatic rings. The molecule has 0 amide bonds. The second kappa shape index (κ2) is 11.9. The Kier molecular flexibility index (Phi) is 9.29. The van der Waals surface area contributed by atoms with Crippen LogP contribution in [0.4, 0.5) is 0 Å². The van der Waals surface area contributed by atoms with Gasteiger partial charge in [-0.1, -0.05) is 77.7 Å². The lowest BCUT2D eigenvalue weighted by atomic mass is 9.43. The first-order chi connectivity index (χ1) is 17.6. The fraction of sp³-hybridized carbons (Fsp3) is 0.879. The number of ketones is 1. The largest absolute Gasteiger partial charge is 0.481 e. The summed E-state index contributed by atoms with van der Waals surface area (Å²) in [4.78, 5) is 24.3. The number of aliphatic hydroxyl groups excluding tert-OH is 1. The van der Waals surface area contributed by atoms with Gasteiger partial charge in [0, 0.05) is 13.0 Å². The number of hydrogen-bond donors (Lipinski definition) is 2. The van der Waals surface area contributed by atoms with Crippen LogP contribution in [0.3, 0.4) is 0 Å². The van der Waals surface area contributed by atoms with E-state index in [1.807, 2.05) is 6.08 Å². The minimum Gasteiger partial charge on any atom is -0.481 e. The Morgan fingerprint density at radius 1 is 0.892 bits per heavy atom. The van der Waals surface area contributed by atoms with E-state index in [2.05, 4.69) is 20.8 Å². The van der Waals surface area contributed by atoms with Crippen LogP contribution in [0.2, 0.25) is 0 Å². The summed E-state index contributed by atoms with van der Waals surface area (Å²) in [5.41, 5.74) is 1.63. The highest BCUT2D eigenvalue weighted by molar-refractivity contribution is 5.91. The number of allylic oxidation sites excluding steroid dienone is 1. The average Bonchev–Trinajstić information content (AvgIpc) is 3.10. The summed E-state index contributed by atoms with van der Waals surface area (Å²) in [6.07, 6.45) is 22.2. The van der Waals surface area contributed by atoms with Gasteiger partial charge in [-0.25, -0.2) is 0 Å². The Labute approximate surface area is 226 Å². The molecule has 7 atom stereocenters. The molecule has 0 heterocycles. The molecule has 0 aromatic heterocycles. The lowest BCUT2D eigenvalue weighted by molar-refractivity contribution is -0.145. The maximum atomic E-state index is 12.4. The van der Waals surface area contributed by atoms with Crippen molar-refractivity contribution in [2.75, 3.05) is 6.61 Å². The van der Waals surface area contributed by atoms with Crippen LogP contribution < -0.4 is 0 Å². The average molecular weight is 515 g/mol. The van der Waals surface area contributed by atoms with E-state index in [0.29, 0.717) is 48.9 Å². The molecule has 4 nitrogen and oxygen atoms in total. The van der Waals surface area contributed by atoms with Crippen molar-refractivity contribution in [3.05, 3.63) is 11.6 Å². The van der Waals surface area contributed by atoms with E-state index >= 15 is 0 Å². The van der Waals surface area contributed by atoms with E-state index < -0.39 is 5.97 Å². The van der Waals surface area contributed by atoms with Gasteiger partial charge in [0.25, 0.3) is 0 Å². The molecule has 0 bridgehead atoms. The Hall–Kier alpha value is -1.16. The Morgan fingerprint density at radius 3 is 2.16 bits per heavy atom. The van der Waals surface area contributed by atoms with Gasteiger partial charge in [-0.2, -0.15) is 0 Å². The van der Waals surface area contributed by atoms with Crippen molar-refractivity contribution in [2.24, 2.45) is 39.9 Å². The van der Waals surface area contributed by atoms with Gasteiger partial charge in [0.2, 0.25) is 0 Å². The monoisotopic (exact) mass is 514 g/mol. The molecule has 3 fully saturated rings. The van der Waals surface area contributed by atoms with Gasteiger partial charge in [0.05, 0.1) is 6.42 Å². The van der Waals surface area contributed by atoms with Crippen LogP contribution >= 0.6 is 0 Å². The fourth-order valence-corrected chi connectivity index (χ4v) is 9.74. The number of fused-ring (bicyclic) bond motifs is 5. The molecule has 0 spiro atoms. The number of carbonyl (C=O) groups excluding carboxylic acids is 1. The maximum Gasteiger partial charge on any atom is 0.303 e. The van der Waals surface area contributed by atoms with Crippen molar-refractivity contribution < 1.29 is 19.8 Å². The fourth-order valence-electron chi connectivity index (χ4n) is 9.74. The van der Waals surface area contributed by atoms with Crippen molar-refractivity contribution in [1.82, 2.24) is 0 Å². The maximum absolute atomic E-state index is 12.4. The predicted molar refractivity (Wildman–Crippen MR) is 149 cm³/mol. The molecule has 0 aromatic carbocycles. The number of carboxylic acid groups (broad SMARTS) is 1. The Balaban J connectivity index is 1.43. The normalized spacial score (nSPS) is 39.0. The van der Waals surface area contributed by atoms with Crippen LogP contribution in [0, 0.1) is 39.9 Å². The molecule has 37 heavy (non-hydrogen) atoms. The third-order valence-electron chi connectivity index (χ3n) is 12.2. The molecule has 2 N–H and O–H groups in total. The molecular weight excluding hydrogens is 460 g/mol. The van der Waals surface area contributed by atoms with Crippen LogP contribution in [0.5, 0.6) is 0 Å². The number of aliphatic hydroxyl groups is 1. The number of carbonyl (C=O) groups is 2. The zero-order valence-corrected chi connectivity index (χ0v) is 24.0. The van der Waals surface area contributed by atoms with E-state index in [0.717, 1.165) is 38.5 Å². The van der Waals surface area contributed by atoms with E-state index in [-0.39, 0.29) is 16.2 Å². The van der Waals surface area contributed by atoms with Gasteiger partial charge in [0.15, 0.2) is 5.78 Å². The highest BCUT2D eigenvalue weighted by atomic mass is 16.4. The molecule has 4 rings (SSSR count). The third kappa shape index (κ3) is 5.75. The molecule has 0 aromatic rings. The van der Waals surface area contributed by atoms with Crippen molar-refractivity contribution in [3.63, 3.8) is 0 Å². The van der Waals surface area contributed by atoms with Gasteiger partial charge < -0.3 is 10.2 Å². The molecule has 4 aliphatic carbocycles. The summed E-state index contributed by atoms with van der Waals surface area (Å²) in [7, 11) is 0. The number of rotatable bonds is 13. The Morgan fingerprint density at radius 2 is 1.51 bits per heavy atom. The number of aliphatic carboxylic acids is 1.